The van der Waals surface area contributed by atoms with Crippen LogP contribution in [0, 0.1) is 5.92 Å². The molecule has 1 N–H and O–H groups in total. The normalized spacial score (nSPS) is 26.8. The maximum absolute atomic E-state index is 9.58. The van der Waals surface area contributed by atoms with Gasteiger partial charge in [-0.1, -0.05) is 19.1 Å². The fraction of sp³-hybridized carbons (Fsp3) is 0.600. The minimum absolute atomic E-state index is 0.359. The predicted molar refractivity (Wildman–Crippen MR) is 74.4 cm³/mol. The van der Waals surface area contributed by atoms with Crippen LogP contribution in [0.5, 0.6) is 0 Å². The first-order chi connectivity index (χ1) is 8.15. The summed E-state index contributed by atoms with van der Waals surface area (Å²) in [5.74, 6) is 0.913. The standard InChI is InChI=1S/C15H22OS/c1-11-6-8-14(9-7-11)17-15-5-3-4-13(10-15)12(2)16/h3-5,10-12,14,16H,6-9H2,1-2H3. The van der Waals surface area contributed by atoms with E-state index in [1.165, 1.54) is 30.6 Å². The van der Waals surface area contributed by atoms with Crippen LogP contribution in [0.1, 0.15) is 51.2 Å². The highest BCUT2D eigenvalue weighted by molar-refractivity contribution is 8.00. The van der Waals surface area contributed by atoms with Gasteiger partial charge in [0.05, 0.1) is 6.10 Å². The van der Waals surface area contributed by atoms with Gasteiger partial charge in [-0.25, -0.2) is 0 Å². The largest absolute Gasteiger partial charge is 0.389 e. The highest BCUT2D eigenvalue weighted by Gasteiger charge is 2.19. The summed E-state index contributed by atoms with van der Waals surface area (Å²) in [6.45, 7) is 4.18. The lowest BCUT2D eigenvalue weighted by molar-refractivity contribution is 0.199. The van der Waals surface area contributed by atoms with Crippen molar-refractivity contribution in [2.24, 2.45) is 5.92 Å². The second kappa shape index (κ2) is 5.92. The van der Waals surface area contributed by atoms with Crippen molar-refractivity contribution in [2.45, 2.75) is 55.8 Å². The topological polar surface area (TPSA) is 20.2 Å². The number of aliphatic hydroxyl groups excluding tert-OH is 1. The van der Waals surface area contributed by atoms with Crippen molar-refractivity contribution < 1.29 is 5.11 Å². The Labute approximate surface area is 109 Å². The van der Waals surface area contributed by atoms with Crippen molar-refractivity contribution >= 4 is 11.8 Å². The molecule has 1 aliphatic rings. The molecule has 0 aromatic heterocycles. The number of thioether (sulfide) groups is 1. The van der Waals surface area contributed by atoms with Gasteiger partial charge in [0.15, 0.2) is 0 Å². The molecule has 0 bridgehead atoms. The molecule has 0 amide bonds. The lowest BCUT2D eigenvalue weighted by atomic mass is 9.91. The van der Waals surface area contributed by atoms with Crippen LogP contribution in [-0.2, 0) is 0 Å². The van der Waals surface area contributed by atoms with E-state index in [0.29, 0.717) is 0 Å². The van der Waals surface area contributed by atoms with E-state index in [9.17, 15) is 5.11 Å². The van der Waals surface area contributed by atoms with E-state index in [-0.39, 0.29) is 6.10 Å². The van der Waals surface area contributed by atoms with Crippen LogP contribution in [-0.4, -0.2) is 10.4 Å². The van der Waals surface area contributed by atoms with E-state index in [1.807, 2.05) is 24.8 Å². The third-order valence-electron chi connectivity index (χ3n) is 3.61. The average molecular weight is 250 g/mol. The van der Waals surface area contributed by atoms with Crippen LogP contribution in [0.25, 0.3) is 0 Å². The molecule has 1 unspecified atom stereocenters. The maximum atomic E-state index is 9.58. The third kappa shape index (κ3) is 3.75. The Bertz CT molecular complexity index is 354. The summed E-state index contributed by atoms with van der Waals surface area (Å²) in [7, 11) is 0. The van der Waals surface area contributed by atoms with Crippen molar-refractivity contribution in [1.82, 2.24) is 0 Å². The van der Waals surface area contributed by atoms with Gasteiger partial charge in [0.2, 0.25) is 0 Å². The molecule has 94 valence electrons. The van der Waals surface area contributed by atoms with Crippen molar-refractivity contribution in [1.29, 1.82) is 0 Å². The van der Waals surface area contributed by atoms with E-state index >= 15 is 0 Å². The van der Waals surface area contributed by atoms with Crippen LogP contribution in [0.3, 0.4) is 0 Å². The smallest absolute Gasteiger partial charge is 0.0762 e. The van der Waals surface area contributed by atoms with Gasteiger partial charge in [-0.2, -0.15) is 0 Å². The molecule has 0 aliphatic heterocycles. The number of rotatable bonds is 3. The predicted octanol–water partition coefficient (Wildman–Crippen LogP) is 4.41. The van der Waals surface area contributed by atoms with Crippen molar-refractivity contribution in [3.05, 3.63) is 29.8 Å². The minimum Gasteiger partial charge on any atom is -0.389 e. The van der Waals surface area contributed by atoms with Gasteiger partial charge in [0.25, 0.3) is 0 Å². The third-order valence-corrected chi connectivity index (χ3v) is 4.94. The number of aliphatic hydroxyl groups is 1. The molecule has 1 saturated carbocycles. The van der Waals surface area contributed by atoms with Gasteiger partial charge in [0.1, 0.15) is 0 Å². The minimum atomic E-state index is -0.359. The summed E-state index contributed by atoms with van der Waals surface area (Å²) < 4.78 is 0. The summed E-state index contributed by atoms with van der Waals surface area (Å²) in [5.41, 5.74) is 1.03. The van der Waals surface area contributed by atoms with Crippen LogP contribution >= 0.6 is 11.8 Å². The zero-order chi connectivity index (χ0) is 12.3. The first-order valence-corrected chi connectivity index (χ1v) is 7.48. The fourth-order valence-electron chi connectivity index (χ4n) is 2.39. The van der Waals surface area contributed by atoms with Crippen molar-refractivity contribution in [3.8, 4) is 0 Å². The second-order valence-electron chi connectivity index (χ2n) is 5.25. The molecule has 0 saturated heterocycles. The fourth-order valence-corrected chi connectivity index (χ4v) is 3.64. The van der Waals surface area contributed by atoms with Crippen LogP contribution in [0.15, 0.2) is 29.2 Å². The lowest BCUT2D eigenvalue weighted by Gasteiger charge is -2.25. The van der Waals surface area contributed by atoms with Gasteiger partial charge in [0, 0.05) is 10.1 Å². The molecule has 1 aromatic carbocycles. The van der Waals surface area contributed by atoms with Crippen LogP contribution < -0.4 is 0 Å². The van der Waals surface area contributed by atoms with E-state index in [2.05, 4.69) is 25.1 Å². The summed E-state index contributed by atoms with van der Waals surface area (Å²) in [6, 6.07) is 8.34. The molecule has 2 rings (SSSR count). The monoisotopic (exact) mass is 250 g/mol. The molecule has 1 fully saturated rings. The molecule has 0 heterocycles. The van der Waals surface area contributed by atoms with Gasteiger partial charge in [-0.05, 0) is 56.2 Å². The van der Waals surface area contributed by atoms with Crippen LogP contribution in [0.4, 0.5) is 0 Å². The molecule has 17 heavy (non-hydrogen) atoms. The first kappa shape index (κ1) is 13.0. The first-order valence-electron chi connectivity index (χ1n) is 6.60. The van der Waals surface area contributed by atoms with E-state index in [0.717, 1.165) is 16.7 Å². The molecule has 1 aliphatic carbocycles. The summed E-state index contributed by atoms with van der Waals surface area (Å²) >= 11 is 1.99. The van der Waals surface area contributed by atoms with Crippen molar-refractivity contribution in [2.75, 3.05) is 0 Å². The zero-order valence-corrected chi connectivity index (χ0v) is 11.5. The Morgan fingerprint density at radius 1 is 1.24 bits per heavy atom. The molecule has 1 aromatic rings. The Kier molecular flexibility index (Phi) is 4.52. The molecule has 1 nitrogen and oxygen atoms in total. The van der Waals surface area contributed by atoms with E-state index in [1.54, 1.807) is 0 Å². The molecular formula is C15H22OS. The summed E-state index contributed by atoms with van der Waals surface area (Å²) in [5, 5.41) is 10.4. The summed E-state index contributed by atoms with van der Waals surface area (Å²) in [4.78, 5) is 1.31. The molecular weight excluding hydrogens is 228 g/mol. The summed E-state index contributed by atoms with van der Waals surface area (Å²) in [6.07, 6.45) is 5.05. The Morgan fingerprint density at radius 2 is 1.94 bits per heavy atom. The van der Waals surface area contributed by atoms with Gasteiger partial charge >= 0.3 is 0 Å². The highest BCUT2D eigenvalue weighted by Crippen LogP contribution is 2.36. The Morgan fingerprint density at radius 3 is 2.59 bits per heavy atom. The van der Waals surface area contributed by atoms with Gasteiger partial charge in [-0.3, -0.25) is 0 Å². The SMILES string of the molecule is CC1CCC(Sc2cccc(C(C)O)c2)CC1. The maximum Gasteiger partial charge on any atom is 0.0762 e. The Hall–Kier alpha value is -0.470. The Balaban J connectivity index is 1.96. The number of hydrogen-bond donors (Lipinski definition) is 1. The number of benzene rings is 1. The van der Waals surface area contributed by atoms with Gasteiger partial charge in [-0.15, -0.1) is 11.8 Å². The highest BCUT2D eigenvalue weighted by atomic mass is 32.2. The van der Waals surface area contributed by atoms with Crippen molar-refractivity contribution in [3.63, 3.8) is 0 Å². The lowest BCUT2D eigenvalue weighted by Crippen LogP contribution is -2.13. The average Bonchev–Trinajstić information content (AvgIpc) is 2.32. The quantitative estimate of drug-likeness (QED) is 0.857. The van der Waals surface area contributed by atoms with E-state index < -0.39 is 0 Å². The van der Waals surface area contributed by atoms with E-state index in [4.69, 9.17) is 0 Å². The molecule has 0 spiro atoms. The molecule has 1 atom stereocenters. The number of hydrogen-bond acceptors (Lipinski definition) is 2. The van der Waals surface area contributed by atoms with Crippen LogP contribution in [0.2, 0.25) is 0 Å². The zero-order valence-electron chi connectivity index (χ0n) is 10.7. The second-order valence-corrected chi connectivity index (χ2v) is 6.62. The molecule has 2 heteroatoms. The molecule has 0 radical (unpaired) electrons. The van der Waals surface area contributed by atoms with Gasteiger partial charge < -0.3 is 5.11 Å².